The van der Waals surface area contributed by atoms with E-state index in [0.717, 1.165) is 5.70 Å². The van der Waals surface area contributed by atoms with E-state index in [1.165, 1.54) is 0 Å². The number of allylic oxidation sites excluding steroid dienone is 2. The second kappa shape index (κ2) is 5.50. The van der Waals surface area contributed by atoms with E-state index in [1.54, 1.807) is 11.0 Å². The zero-order valence-electron chi connectivity index (χ0n) is 11.5. The summed E-state index contributed by atoms with van der Waals surface area (Å²) in [5.74, 6) is -0.541. The summed E-state index contributed by atoms with van der Waals surface area (Å²) in [7, 11) is 0. The van der Waals surface area contributed by atoms with Crippen LogP contribution in [-0.2, 0) is 9.59 Å². The summed E-state index contributed by atoms with van der Waals surface area (Å²) in [5, 5.41) is 24.4. The van der Waals surface area contributed by atoms with Gasteiger partial charge in [-0.05, 0) is 12.5 Å². The Morgan fingerprint density at radius 1 is 1.43 bits per heavy atom. The Labute approximate surface area is 122 Å². The third-order valence-corrected chi connectivity index (χ3v) is 4.41. The van der Waals surface area contributed by atoms with Crippen LogP contribution >= 0.6 is 0 Å². The normalized spacial score (nSPS) is 35.3. The summed E-state index contributed by atoms with van der Waals surface area (Å²) in [5.41, 5.74) is 0.829. The topological polar surface area (TPSA) is 102 Å². The van der Waals surface area contributed by atoms with E-state index in [0.29, 0.717) is 19.4 Å². The maximum atomic E-state index is 12.5. The molecule has 1 aliphatic carbocycles. The summed E-state index contributed by atoms with van der Waals surface area (Å²) in [4.78, 5) is 25.5. The number of carbonyl (C=O) groups is 2. The molecular weight excluding hydrogens is 274 g/mol. The fraction of sp³-hybridized carbons (Fsp3) is 0.571. The van der Waals surface area contributed by atoms with Gasteiger partial charge in [0.05, 0.1) is 12.0 Å². The molecule has 0 aromatic heterocycles. The van der Waals surface area contributed by atoms with Crippen LogP contribution in [0.1, 0.15) is 12.8 Å². The lowest BCUT2D eigenvalue weighted by Crippen LogP contribution is -2.56. The van der Waals surface area contributed by atoms with Crippen molar-refractivity contribution in [2.45, 2.75) is 25.1 Å². The highest BCUT2D eigenvalue weighted by Gasteiger charge is 2.46. The first-order chi connectivity index (χ1) is 10.1. The predicted molar refractivity (Wildman–Crippen MR) is 73.3 cm³/mol. The lowest BCUT2D eigenvalue weighted by Gasteiger charge is -2.35. The zero-order valence-corrected chi connectivity index (χ0v) is 11.5. The number of carbonyl (C=O) groups excluding carboxylic acids is 2. The monoisotopic (exact) mass is 293 g/mol. The van der Waals surface area contributed by atoms with Gasteiger partial charge in [-0.25, -0.2) is 0 Å². The number of aliphatic hydroxyl groups is 2. The summed E-state index contributed by atoms with van der Waals surface area (Å²) < 4.78 is 0. The first-order valence-electron chi connectivity index (χ1n) is 7.13. The van der Waals surface area contributed by atoms with E-state index in [4.69, 9.17) is 5.11 Å². The number of amides is 2. The first-order valence-corrected chi connectivity index (χ1v) is 7.13. The van der Waals surface area contributed by atoms with Crippen molar-refractivity contribution in [3.05, 3.63) is 23.9 Å². The highest BCUT2D eigenvalue weighted by Crippen LogP contribution is 2.36. The summed E-state index contributed by atoms with van der Waals surface area (Å²) >= 11 is 0. The number of likely N-dealkylation sites (tertiary alicyclic amines) is 1. The van der Waals surface area contributed by atoms with Crippen molar-refractivity contribution in [1.82, 2.24) is 15.5 Å². The Kier molecular flexibility index (Phi) is 3.69. The molecule has 114 valence electrons. The molecule has 2 aliphatic heterocycles. The molecule has 3 aliphatic rings. The Balaban J connectivity index is 1.78. The van der Waals surface area contributed by atoms with Gasteiger partial charge in [0.25, 0.3) is 0 Å². The molecule has 2 saturated heterocycles. The Hall–Kier alpha value is -1.86. The van der Waals surface area contributed by atoms with Gasteiger partial charge in [0, 0.05) is 24.6 Å². The van der Waals surface area contributed by atoms with Gasteiger partial charge in [-0.2, -0.15) is 0 Å². The fourth-order valence-corrected chi connectivity index (χ4v) is 3.37. The van der Waals surface area contributed by atoms with Gasteiger partial charge in [-0.1, -0.05) is 12.2 Å². The highest BCUT2D eigenvalue weighted by molar-refractivity contribution is 5.85. The van der Waals surface area contributed by atoms with Gasteiger partial charge < -0.3 is 25.7 Å². The molecule has 3 rings (SSSR count). The maximum Gasteiger partial charge on any atom is 0.230 e. The molecule has 21 heavy (non-hydrogen) atoms. The molecule has 4 unspecified atom stereocenters. The highest BCUT2D eigenvalue weighted by atomic mass is 16.3. The molecule has 0 aromatic rings. The van der Waals surface area contributed by atoms with Crippen LogP contribution in [0, 0.1) is 11.8 Å². The SMILES string of the molecule is O=C1CCC(N2CC3C(NCO)=CC=CC3C2=O)C(O)N1. The average molecular weight is 293 g/mol. The summed E-state index contributed by atoms with van der Waals surface area (Å²) in [6.07, 6.45) is 5.27. The largest absolute Gasteiger partial charge is 0.377 e. The molecule has 2 fully saturated rings. The lowest BCUT2D eigenvalue weighted by molar-refractivity contribution is -0.141. The number of nitrogens with zero attached hydrogens (tertiary/aromatic N) is 1. The van der Waals surface area contributed by atoms with Crippen LogP contribution in [0.3, 0.4) is 0 Å². The minimum absolute atomic E-state index is 0.0400. The van der Waals surface area contributed by atoms with Gasteiger partial charge in [-0.3, -0.25) is 9.59 Å². The standard InChI is InChI=1S/C14H19N3O4/c18-7-15-10-3-1-2-8-9(10)6-17(14(8)21)11-4-5-12(19)16-13(11)20/h1-3,8-9,11,13,15,18,20H,4-7H2,(H,16,19). The first kappa shape index (κ1) is 14.1. The molecular formula is C14H19N3O4. The third kappa shape index (κ3) is 2.43. The van der Waals surface area contributed by atoms with E-state index < -0.39 is 6.23 Å². The molecule has 2 amide bonds. The molecule has 4 N–H and O–H groups in total. The van der Waals surface area contributed by atoms with Gasteiger partial charge in [0.2, 0.25) is 11.8 Å². The zero-order chi connectivity index (χ0) is 15.0. The summed E-state index contributed by atoms with van der Waals surface area (Å²) in [6.45, 7) is 0.295. The van der Waals surface area contributed by atoms with Crippen LogP contribution < -0.4 is 10.6 Å². The molecule has 7 heteroatoms. The van der Waals surface area contributed by atoms with E-state index in [9.17, 15) is 14.7 Å². The molecule has 2 heterocycles. The Bertz CT molecular complexity index is 516. The number of nitrogens with one attached hydrogen (secondary N) is 2. The van der Waals surface area contributed by atoms with Crippen molar-refractivity contribution in [1.29, 1.82) is 0 Å². The van der Waals surface area contributed by atoms with Crippen LogP contribution in [-0.4, -0.2) is 52.5 Å². The second-order valence-electron chi connectivity index (χ2n) is 5.58. The van der Waals surface area contributed by atoms with Crippen molar-refractivity contribution < 1.29 is 19.8 Å². The van der Waals surface area contributed by atoms with E-state index in [1.807, 2.05) is 12.2 Å². The van der Waals surface area contributed by atoms with Crippen molar-refractivity contribution in [2.24, 2.45) is 11.8 Å². The smallest absolute Gasteiger partial charge is 0.230 e. The number of hydrogen-bond donors (Lipinski definition) is 4. The Morgan fingerprint density at radius 3 is 2.95 bits per heavy atom. The number of aliphatic hydroxyl groups excluding tert-OH is 2. The predicted octanol–water partition coefficient (Wildman–Crippen LogP) is -1.35. The van der Waals surface area contributed by atoms with E-state index in [2.05, 4.69) is 10.6 Å². The van der Waals surface area contributed by atoms with Gasteiger partial charge in [-0.15, -0.1) is 0 Å². The number of piperidine rings is 1. The summed E-state index contributed by atoms with van der Waals surface area (Å²) in [6, 6.07) is -0.385. The molecule has 0 saturated carbocycles. The molecule has 0 bridgehead atoms. The number of fused-ring (bicyclic) bond motifs is 1. The van der Waals surface area contributed by atoms with Gasteiger partial charge in [0.15, 0.2) is 0 Å². The van der Waals surface area contributed by atoms with Crippen LogP contribution in [0.25, 0.3) is 0 Å². The van der Waals surface area contributed by atoms with Crippen molar-refractivity contribution >= 4 is 11.8 Å². The fourth-order valence-electron chi connectivity index (χ4n) is 3.37. The molecule has 7 nitrogen and oxygen atoms in total. The van der Waals surface area contributed by atoms with E-state index >= 15 is 0 Å². The number of hydrogen-bond acceptors (Lipinski definition) is 5. The molecule has 4 atom stereocenters. The second-order valence-corrected chi connectivity index (χ2v) is 5.58. The van der Waals surface area contributed by atoms with E-state index in [-0.39, 0.29) is 36.4 Å². The van der Waals surface area contributed by atoms with Crippen LogP contribution in [0.15, 0.2) is 23.9 Å². The Morgan fingerprint density at radius 2 is 2.24 bits per heavy atom. The van der Waals surface area contributed by atoms with Crippen LogP contribution in [0.5, 0.6) is 0 Å². The van der Waals surface area contributed by atoms with Crippen LogP contribution in [0.2, 0.25) is 0 Å². The molecule has 0 spiro atoms. The third-order valence-electron chi connectivity index (χ3n) is 4.41. The lowest BCUT2D eigenvalue weighted by atomic mass is 9.88. The van der Waals surface area contributed by atoms with Crippen molar-refractivity contribution in [3.8, 4) is 0 Å². The average Bonchev–Trinajstić information content (AvgIpc) is 2.78. The quantitative estimate of drug-likeness (QED) is 0.482. The number of rotatable bonds is 3. The maximum absolute atomic E-state index is 12.5. The van der Waals surface area contributed by atoms with Gasteiger partial charge in [0.1, 0.15) is 13.0 Å². The minimum atomic E-state index is -1.02. The van der Waals surface area contributed by atoms with Crippen molar-refractivity contribution in [3.63, 3.8) is 0 Å². The van der Waals surface area contributed by atoms with Crippen LogP contribution in [0.4, 0.5) is 0 Å². The minimum Gasteiger partial charge on any atom is -0.377 e. The van der Waals surface area contributed by atoms with Crippen molar-refractivity contribution in [2.75, 3.05) is 13.3 Å². The molecule has 0 aromatic carbocycles. The van der Waals surface area contributed by atoms with Gasteiger partial charge >= 0.3 is 0 Å². The molecule has 0 radical (unpaired) electrons.